The van der Waals surface area contributed by atoms with Crippen LogP contribution in [0.1, 0.15) is 6.92 Å². The Hall–Kier alpha value is -3.28. The van der Waals surface area contributed by atoms with Gasteiger partial charge in [0.15, 0.2) is 5.43 Å². The van der Waals surface area contributed by atoms with E-state index < -0.39 is 6.09 Å². The Balaban J connectivity index is 2.39. The summed E-state index contributed by atoms with van der Waals surface area (Å²) in [6.45, 7) is 1.85. The van der Waals surface area contributed by atoms with Crippen LogP contribution in [-0.2, 0) is 4.74 Å². The van der Waals surface area contributed by atoms with Gasteiger partial charge in [-0.3, -0.25) is 4.79 Å². The number of carbonyl (C=O) groups excluding carboxylic acids is 1. The Kier molecular flexibility index (Phi) is 3.95. The molecule has 0 amide bonds. The molecule has 0 saturated heterocycles. The number of fused-ring (bicyclic) bond motifs is 1. The van der Waals surface area contributed by atoms with E-state index in [2.05, 4.69) is 0 Å². The third-order valence-corrected chi connectivity index (χ3v) is 3.61. The zero-order chi connectivity index (χ0) is 17.3. The molecule has 0 aliphatic rings. The second-order valence-corrected chi connectivity index (χ2v) is 5.18. The summed E-state index contributed by atoms with van der Waals surface area (Å²) in [5.74, 6) is 0.00465. The molecule has 2 N–H and O–H groups in total. The van der Waals surface area contributed by atoms with Crippen LogP contribution in [0.3, 0.4) is 0 Å². The predicted molar refractivity (Wildman–Crippen MR) is 89.4 cm³/mol. The number of ether oxygens (including phenoxy) is 1. The first-order valence-electron chi connectivity index (χ1n) is 7.36. The zero-order valence-electron chi connectivity index (χ0n) is 12.9. The molecule has 3 aromatic rings. The molecule has 24 heavy (non-hydrogen) atoms. The maximum Gasteiger partial charge on any atom is 0.418 e. The van der Waals surface area contributed by atoms with Gasteiger partial charge in [0.25, 0.3) is 0 Å². The lowest BCUT2D eigenvalue weighted by atomic mass is 10.1. The minimum absolute atomic E-state index is 0.0668. The molecule has 0 atom stereocenters. The largest absolute Gasteiger partial charge is 0.508 e. The van der Waals surface area contributed by atoms with Crippen LogP contribution in [0.15, 0.2) is 53.3 Å². The number of hydrogen-bond donors (Lipinski definition) is 2. The highest BCUT2D eigenvalue weighted by Crippen LogP contribution is 2.26. The van der Waals surface area contributed by atoms with E-state index in [1.165, 1.54) is 41.0 Å². The molecule has 0 saturated carbocycles. The monoisotopic (exact) mass is 325 g/mol. The van der Waals surface area contributed by atoms with Crippen LogP contribution < -0.4 is 5.43 Å². The molecular weight excluding hydrogens is 310 g/mol. The van der Waals surface area contributed by atoms with E-state index in [1.54, 1.807) is 19.1 Å². The molecule has 2 aromatic carbocycles. The van der Waals surface area contributed by atoms with Crippen molar-refractivity contribution in [3.63, 3.8) is 0 Å². The number of phenols is 2. The molecular formula is C18H15NO5. The molecule has 0 bridgehead atoms. The van der Waals surface area contributed by atoms with Gasteiger partial charge >= 0.3 is 6.09 Å². The van der Waals surface area contributed by atoms with Crippen molar-refractivity contribution in [3.8, 4) is 22.8 Å². The second kappa shape index (κ2) is 6.08. The topological polar surface area (TPSA) is 88.8 Å². The maximum absolute atomic E-state index is 12.5. The summed E-state index contributed by atoms with van der Waals surface area (Å²) in [5.41, 5.74) is 0.845. The van der Waals surface area contributed by atoms with Gasteiger partial charge in [-0.15, -0.1) is 0 Å². The van der Waals surface area contributed by atoms with Gasteiger partial charge < -0.3 is 14.9 Å². The molecule has 3 rings (SSSR count). The third-order valence-electron chi connectivity index (χ3n) is 3.61. The molecule has 1 aromatic heterocycles. The quantitative estimate of drug-likeness (QED) is 0.756. The van der Waals surface area contributed by atoms with Crippen molar-refractivity contribution in [2.75, 3.05) is 6.61 Å². The fourth-order valence-corrected chi connectivity index (χ4v) is 2.54. The normalized spacial score (nSPS) is 10.7. The van der Waals surface area contributed by atoms with Crippen LogP contribution in [0.2, 0.25) is 0 Å². The highest BCUT2D eigenvalue weighted by molar-refractivity contribution is 5.93. The van der Waals surface area contributed by atoms with Gasteiger partial charge in [0.05, 0.1) is 17.8 Å². The van der Waals surface area contributed by atoms with Crippen LogP contribution >= 0.6 is 0 Å². The zero-order valence-corrected chi connectivity index (χ0v) is 12.9. The molecule has 6 heteroatoms. The van der Waals surface area contributed by atoms with E-state index in [1.807, 2.05) is 0 Å². The van der Waals surface area contributed by atoms with E-state index in [4.69, 9.17) is 4.74 Å². The molecule has 6 nitrogen and oxygen atoms in total. The Bertz CT molecular complexity index is 973. The van der Waals surface area contributed by atoms with Crippen LogP contribution in [0.4, 0.5) is 4.79 Å². The predicted octanol–water partition coefficient (Wildman–Crippen LogP) is 3.08. The summed E-state index contributed by atoms with van der Waals surface area (Å²) in [4.78, 5) is 24.8. The summed E-state index contributed by atoms with van der Waals surface area (Å²) in [5, 5.41) is 19.5. The number of aromatic hydroxyl groups is 2. The Morgan fingerprint density at radius 3 is 2.38 bits per heavy atom. The van der Waals surface area contributed by atoms with Crippen molar-refractivity contribution in [1.29, 1.82) is 0 Å². The highest BCUT2D eigenvalue weighted by Gasteiger charge is 2.17. The summed E-state index contributed by atoms with van der Waals surface area (Å²) >= 11 is 0. The lowest BCUT2D eigenvalue weighted by molar-refractivity contribution is 0.155. The molecule has 0 fully saturated rings. The van der Waals surface area contributed by atoms with Gasteiger partial charge in [-0.2, -0.15) is 0 Å². The van der Waals surface area contributed by atoms with E-state index in [0.29, 0.717) is 16.6 Å². The van der Waals surface area contributed by atoms with Crippen molar-refractivity contribution >= 4 is 17.0 Å². The van der Waals surface area contributed by atoms with Crippen LogP contribution in [0.5, 0.6) is 11.5 Å². The average Bonchev–Trinajstić information content (AvgIpc) is 2.55. The van der Waals surface area contributed by atoms with Crippen LogP contribution in [0.25, 0.3) is 22.2 Å². The first-order chi connectivity index (χ1) is 11.5. The first kappa shape index (κ1) is 15.6. The van der Waals surface area contributed by atoms with E-state index >= 15 is 0 Å². The summed E-state index contributed by atoms with van der Waals surface area (Å²) in [6, 6.07) is 11.6. The van der Waals surface area contributed by atoms with Crippen molar-refractivity contribution in [1.82, 2.24) is 4.57 Å². The minimum atomic E-state index is -0.656. The Labute approximate surface area is 137 Å². The van der Waals surface area contributed by atoms with Gasteiger partial charge in [0.1, 0.15) is 11.5 Å². The fourth-order valence-electron chi connectivity index (χ4n) is 2.54. The van der Waals surface area contributed by atoms with Crippen LogP contribution in [-0.4, -0.2) is 27.5 Å². The van der Waals surface area contributed by atoms with Crippen molar-refractivity contribution in [3.05, 3.63) is 58.8 Å². The number of rotatable bonds is 2. The summed E-state index contributed by atoms with van der Waals surface area (Å²) in [6.07, 6.45) is -0.656. The molecule has 0 unspecified atom stereocenters. The highest BCUT2D eigenvalue weighted by atomic mass is 16.5. The number of phenolic OH excluding ortho intramolecular Hbond substituents is 2. The number of nitrogens with zero attached hydrogens (tertiary/aromatic N) is 1. The van der Waals surface area contributed by atoms with Gasteiger partial charge in [0.2, 0.25) is 0 Å². The lowest BCUT2D eigenvalue weighted by Gasteiger charge is -2.15. The molecule has 0 radical (unpaired) electrons. The number of hydrogen-bond acceptors (Lipinski definition) is 5. The average molecular weight is 325 g/mol. The van der Waals surface area contributed by atoms with Crippen molar-refractivity contribution in [2.24, 2.45) is 0 Å². The summed E-state index contributed by atoms with van der Waals surface area (Å²) < 4.78 is 6.34. The number of aromatic nitrogens is 1. The summed E-state index contributed by atoms with van der Waals surface area (Å²) in [7, 11) is 0. The molecule has 0 aliphatic heterocycles. The maximum atomic E-state index is 12.5. The van der Waals surface area contributed by atoms with Gasteiger partial charge in [-0.1, -0.05) is 0 Å². The fraction of sp³-hybridized carbons (Fsp3) is 0.111. The second-order valence-electron chi connectivity index (χ2n) is 5.18. The molecule has 1 heterocycles. The van der Waals surface area contributed by atoms with Gasteiger partial charge in [0, 0.05) is 17.5 Å². The lowest BCUT2D eigenvalue weighted by Crippen LogP contribution is -2.20. The third kappa shape index (κ3) is 2.69. The molecule has 0 spiro atoms. The smallest absolute Gasteiger partial charge is 0.418 e. The van der Waals surface area contributed by atoms with Gasteiger partial charge in [-0.25, -0.2) is 9.36 Å². The van der Waals surface area contributed by atoms with E-state index in [0.717, 1.165) is 0 Å². The van der Waals surface area contributed by atoms with Crippen molar-refractivity contribution < 1.29 is 19.7 Å². The number of pyridine rings is 1. The van der Waals surface area contributed by atoms with E-state index in [-0.39, 0.29) is 29.1 Å². The standard InChI is InChI=1S/C18H15NO5/c1-2-24-18(23)19-15(11-3-5-12(20)6-4-11)10-17(22)14-8-7-13(21)9-16(14)19/h3-10,20-21H,2H2,1H3. The molecule has 0 aliphatic carbocycles. The SMILES string of the molecule is CCOC(=O)n1c(-c2ccc(O)cc2)cc(=O)c2ccc(O)cc21. The number of carbonyl (C=O) groups is 1. The first-order valence-corrected chi connectivity index (χ1v) is 7.36. The van der Waals surface area contributed by atoms with Crippen LogP contribution in [0, 0.1) is 0 Å². The molecule has 122 valence electrons. The Morgan fingerprint density at radius 1 is 1.04 bits per heavy atom. The van der Waals surface area contributed by atoms with Gasteiger partial charge in [-0.05, 0) is 48.9 Å². The van der Waals surface area contributed by atoms with E-state index in [9.17, 15) is 19.8 Å². The number of benzene rings is 2. The minimum Gasteiger partial charge on any atom is -0.508 e. The Morgan fingerprint density at radius 2 is 1.71 bits per heavy atom. The van der Waals surface area contributed by atoms with Crippen molar-refractivity contribution in [2.45, 2.75) is 6.92 Å².